The van der Waals surface area contributed by atoms with Crippen LogP contribution in [0.1, 0.15) is 11.1 Å². The van der Waals surface area contributed by atoms with E-state index in [9.17, 15) is 0 Å². The number of nitrogens with two attached hydrogens (primary N) is 2. The third kappa shape index (κ3) is 1.29. The zero-order valence-electron chi connectivity index (χ0n) is 6.79. The highest BCUT2D eigenvalue weighted by Crippen LogP contribution is 2.20. The Morgan fingerprint density at radius 1 is 1.33 bits per heavy atom. The van der Waals surface area contributed by atoms with E-state index in [1.165, 1.54) is 5.56 Å². The van der Waals surface area contributed by atoms with Gasteiger partial charge in [0.15, 0.2) is 0 Å². The summed E-state index contributed by atoms with van der Waals surface area (Å²) in [6.07, 6.45) is 0.636. The molecule has 1 aliphatic rings. The fourth-order valence-corrected chi connectivity index (χ4v) is 1.45. The molecule has 1 aromatic rings. The van der Waals surface area contributed by atoms with Crippen LogP contribution in [0.15, 0.2) is 18.2 Å². The van der Waals surface area contributed by atoms with Gasteiger partial charge in [-0.05, 0) is 23.3 Å². The Bertz CT molecular complexity index is 299. The molecule has 64 valence electrons. The first-order valence-corrected chi connectivity index (χ1v) is 4.00. The van der Waals surface area contributed by atoms with Crippen molar-refractivity contribution >= 4 is 5.69 Å². The number of hydrogen-bond acceptors (Lipinski definition) is 3. The predicted molar refractivity (Wildman–Crippen MR) is 47.3 cm³/mol. The second kappa shape index (κ2) is 2.77. The van der Waals surface area contributed by atoms with Gasteiger partial charge in [-0.1, -0.05) is 6.07 Å². The molecule has 4 N–H and O–H groups in total. The van der Waals surface area contributed by atoms with Crippen LogP contribution in [0.3, 0.4) is 0 Å². The lowest BCUT2D eigenvalue weighted by molar-refractivity contribution is 0.0330. The summed E-state index contributed by atoms with van der Waals surface area (Å²) in [6, 6.07) is 5.87. The van der Waals surface area contributed by atoms with E-state index in [0.717, 1.165) is 17.7 Å². The Balaban J connectivity index is 2.37. The lowest BCUT2D eigenvalue weighted by Gasteiger charge is -2.22. The van der Waals surface area contributed by atoms with E-state index >= 15 is 0 Å². The first-order chi connectivity index (χ1) is 5.75. The summed E-state index contributed by atoms with van der Waals surface area (Å²) >= 11 is 0. The molecule has 1 aromatic carbocycles. The highest BCUT2D eigenvalue weighted by atomic mass is 16.5. The normalized spacial score (nSPS) is 21.9. The zero-order valence-corrected chi connectivity index (χ0v) is 6.79. The van der Waals surface area contributed by atoms with Gasteiger partial charge in [0.25, 0.3) is 0 Å². The third-order valence-electron chi connectivity index (χ3n) is 2.10. The Morgan fingerprint density at radius 3 is 3.00 bits per heavy atom. The topological polar surface area (TPSA) is 61.3 Å². The summed E-state index contributed by atoms with van der Waals surface area (Å²) in [7, 11) is 0. The molecule has 0 amide bonds. The van der Waals surface area contributed by atoms with Crippen molar-refractivity contribution in [1.29, 1.82) is 0 Å². The monoisotopic (exact) mass is 164 g/mol. The molecule has 0 saturated carbocycles. The molecular weight excluding hydrogens is 152 g/mol. The van der Waals surface area contributed by atoms with Crippen LogP contribution in [0.4, 0.5) is 5.69 Å². The summed E-state index contributed by atoms with van der Waals surface area (Å²) < 4.78 is 5.28. The van der Waals surface area contributed by atoms with Crippen molar-refractivity contribution in [1.82, 2.24) is 0 Å². The maximum absolute atomic E-state index is 5.63. The molecule has 1 heterocycles. The van der Waals surface area contributed by atoms with Crippen molar-refractivity contribution in [3.63, 3.8) is 0 Å². The van der Waals surface area contributed by atoms with Crippen molar-refractivity contribution in [2.45, 2.75) is 19.3 Å². The lowest BCUT2D eigenvalue weighted by atomic mass is 10.0. The fraction of sp³-hybridized carbons (Fsp3) is 0.333. The first kappa shape index (κ1) is 7.58. The number of nitrogen functional groups attached to an aromatic ring is 1. The van der Waals surface area contributed by atoms with Gasteiger partial charge in [0, 0.05) is 12.1 Å². The minimum absolute atomic E-state index is 0.152. The van der Waals surface area contributed by atoms with Crippen molar-refractivity contribution < 1.29 is 4.74 Å². The van der Waals surface area contributed by atoms with E-state index in [1.807, 2.05) is 18.2 Å². The van der Waals surface area contributed by atoms with Gasteiger partial charge in [0.1, 0.15) is 6.23 Å². The zero-order chi connectivity index (χ0) is 8.55. The molecule has 0 radical (unpaired) electrons. The van der Waals surface area contributed by atoms with Crippen LogP contribution in [0, 0.1) is 0 Å². The maximum atomic E-state index is 5.63. The van der Waals surface area contributed by atoms with Gasteiger partial charge in [0.05, 0.1) is 6.61 Å². The van der Waals surface area contributed by atoms with E-state index in [-0.39, 0.29) is 6.23 Å². The SMILES string of the molecule is Nc1ccc2c(c1)COC(N)C2. The van der Waals surface area contributed by atoms with Crippen molar-refractivity contribution in [2.75, 3.05) is 5.73 Å². The molecule has 0 aromatic heterocycles. The predicted octanol–water partition coefficient (Wildman–Crippen LogP) is 0.626. The Hall–Kier alpha value is -1.06. The number of ether oxygens (including phenoxy) is 1. The van der Waals surface area contributed by atoms with E-state index in [1.54, 1.807) is 0 Å². The van der Waals surface area contributed by atoms with Crippen LogP contribution in [-0.4, -0.2) is 6.23 Å². The Kier molecular flexibility index (Phi) is 1.75. The molecule has 0 spiro atoms. The van der Waals surface area contributed by atoms with Crippen molar-refractivity contribution in [3.05, 3.63) is 29.3 Å². The van der Waals surface area contributed by atoms with Crippen LogP contribution in [0.25, 0.3) is 0 Å². The molecule has 0 bridgehead atoms. The molecule has 2 rings (SSSR count). The van der Waals surface area contributed by atoms with Crippen LogP contribution in [-0.2, 0) is 17.8 Å². The third-order valence-corrected chi connectivity index (χ3v) is 2.10. The summed E-state index contributed by atoms with van der Waals surface area (Å²) in [4.78, 5) is 0. The van der Waals surface area contributed by atoms with Gasteiger partial charge in [-0.25, -0.2) is 0 Å². The second-order valence-electron chi connectivity index (χ2n) is 3.08. The molecule has 0 saturated heterocycles. The molecule has 0 aliphatic carbocycles. The fourth-order valence-electron chi connectivity index (χ4n) is 1.45. The lowest BCUT2D eigenvalue weighted by Crippen LogP contribution is -2.30. The first-order valence-electron chi connectivity index (χ1n) is 4.00. The molecular formula is C9H12N2O. The number of hydrogen-bond donors (Lipinski definition) is 2. The van der Waals surface area contributed by atoms with Gasteiger partial charge in [-0.2, -0.15) is 0 Å². The van der Waals surface area contributed by atoms with Crippen LogP contribution in [0.5, 0.6) is 0 Å². The van der Waals surface area contributed by atoms with Gasteiger partial charge >= 0.3 is 0 Å². The van der Waals surface area contributed by atoms with E-state index < -0.39 is 0 Å². The van der Waals surface area contributed by atoms with Gasteiger partial charge in [-0.15, -0.1) is 0 Å². The van der Waals surface area contributed by atoms with E-state index in [4.69, 9.17) is 16.2 Å². The molecule has 1 unspecified atom stereocenters. The summed E-state index contributed by atoms with van der Waals surface area (Å²) in [5.41, 5.74) is 14.5. The summed E-state index contributed by atoms with van der Waals surface area (Å²) in [5.74, 6) is 0. The quantitative estimate of drug-likeness (QED) is 0.553. The smallest absolute Gasteiger partial charge is 0.110 e. The molecule has 0 fully saturated rings. The molecule has 3 nitrogen and oxygen atoms in total. The largest absolute Gasteiger partial charge is 0.399 e. The minimum atomic E-state index is -0.152. The Labute approximate surface area is 71.3 Å². The van der Waals surface area contributed by atoms with Crippen LogP contribution >= 0.6 is 0 Å². The van der Waals surface area contributed by atoms with Crippen molar-refractivity contribution in [3.8, 4) is 0 Å². The number of fused-ring (bicyclic) bond motifs is 1. The average Bonchev–Trinajstić information content (AvgIpc) is 2.05. The van der Waals surface area contributed by atoms with E-state index in [0.29, 0.717) is 6.61 Å². The van der Waals surface area contributed by atoms with Crippen LogP contribution in [0.2, 0.25) is 0 Å². The maximum Gasteiger partial charge on any atom is 0.110 e. The second-order valence-corrected chi connectivity index (χ2v) is 3.08. The standard InChI is InChI=1S/C9H12N2O/c10-8-2-1-6-4-9(11)12-5-7(6)3-8/h1-3,9H,4-5,10-11H2. The number of rotatable bonds is 0. The molecule has 1 aliphatic heterocycles. The summed E-state index contributed by atoms with van der Waals surface area (Å²) in [5, 5.41) is 0. The number of benzene rings is 1. The minimum Gasteiger partial charge on any atom is -0.399 e. The molecule has 12 heavy (non-hydrogen) atoms. The molecule has 1 atom stereocenters. The van der Waals surface area contributed by atoms with E-state index in [2.05, 4.69) is 0 Å². The Morgan fingerprint density at radius 2 is 2.17 bits per heavy atom. The van der Waals surface area contributed by atoms with Gasteiger partial charge < -0.3 is 16.2 Å². The van der Waals surface area contributed by atoms with Crippen LogP contribution < -0.4 is 11.5 Å². The van der Waals surface area contributed by atoms with Crippen molar-refractivity contribution in [2.24, 2.45) is 5.73 Å². The molecule has 3 heteroatoms. The van der Waals surface area contributed by atoms with Gasteiger partial charge in [-0.3, -0.25) is 0 Å². The number of anilines is 1. The summed E-state index contributed by atoms with van der Waals surface area (Å²) in [6.45, 7) is 0.585. The highest BCUT2D eigenvalue weighted by molar-refractivity contribution is 5.45. The average molecular weight is 164 g/mol. The highest BCUT2D eigenvalue weighted by Gasteiger charge is 2.14. The van der Waals surface area contributed by atoms with Gasteiger partial charge in [0.2, 0.25) is 0 Å².